The lowest BCUT2D eigenvalue weighted by Crippen LogP contribution is -2.27. The first-order chi connectivity index (χ1) is 29.1. The molecule has 23 nitrogen and oxygen atoms in total. The minimum atomic E-state index is -5.23. The Labute approximate surface area is 360 Å². The van der Waals surface area contributed by atoms with E-state index in [0.29, 0.717) is 17.7 Å². The molecule has 0 atom stereocenters. The molecule has 330 valence electrons. The summed E-state index contributed by atoms with van der Waals surface area (Å²) in [6.07, 6.45) is 2.01. The van der Waals surface area contributed by atoms with Crippen molar-refractivity contribution in [3.63, 3.8) is 0 Å². The summed E-state index contributed by atoms with van der Waals surface area (Å²) in [7, 11) is -18.6. The number of ketones is 2. The van der Waals surface area contributed by atoms with Crippen LogP contribution in [0.4, 0.5) is 27.5 Å². The molecule has 0 aromatic heterocycles. The van der Waals surface area contributed by atoms with Crippen molar-refractivity contribution in [2.24, 2.45) is 10.2 Å². The van der Waals surface area contributed by atoms with Crippen molar-refractivity contribution in [2.45, 2.75) is 16.7 Å². The Balaban J connectivity index is 1.24. The average molecular weight is 967 g/mol. The van der Waals surface area contributed by atoms with Gasteiger partial charge in [0.1, 0.15) is 22.1 Å². The fourth-order valence-electron chi connectivity index (χ4n) is 5.93. The van der Waals surface area contributed by atoms with Crippen molar-refractivity contribution in [1.29, 1.82) is 0 Å². The number of nitrogens with one attached hydrogen (secondary N) is 4. The highest BCUT2D eigenvalue weighted by Crippen LogP contribution is 2.38. The monoisotopic (exact) mass is 966 g/mol. The fraction of sp³-hybridized carbons (Fsp3) is 0.0571. The number of hydrogen-bond donors (Lipinski definition) is 9. The van der Waals surface area contributed by atoms with Crippen LogP contribution in [0.1, 0.15) is 21.5 Å². The number of methoxy groups -OCH3 is 1. The van der Waals surface area contributed by atoms with E-state index in [2.05, 4.69) is 31.7 Å². The first-order valence-electron chi connectivity index (χ1n) is 16.8. The number of rotatable bonds is 11. The molecule has 63 heavy (non-hydrogen) atoms. The molecule has 0 saturated heterocycles. The van der Waals surface area contributed by atoms with Crippen LogP contribution in [0.3, 0.4) is 0 Å². The Morgan fingerprint density at radius 3 is 1.94 bits per heavy atom. The van der Waals surface area contributed by atoms with Gasteiger partial charge in [0.2, 0.25) is 11.6 Å². The van der Waals surface area contributed by atoms with Crippen LogP contribution in [-0.2, 0) is 45.3 Å². The van der Waals surface area contributed by atoms with Crippen LogP contribution in [-0.4, -0.2) is 93.1 Å². The highest BCUT2D eigenvalue weighted by atomic mass is 35.5. The smallest absolute Gasteiger partial charge is 0.323 e. The van der Waals surface area contributed by atoms with E-state index in [0.717, 1.165) is 36.4 Å². The number of aromatic hydroxyl groups is 1. The van der Waals surface area contributed by atoms with Crippen molar-refractivity contribution in [2.75, 3.05) is 28.6 Å². The molecule has 6 rings (SSSR count). The summed E-state index contributed by atoms with van der Waals surface area (Å²) in [5.74, 6) is -2.87. The van der Waals surface area contributed by atoms with E-state index < -0.39 is 99.9 Å². The predicted molar refractivity (Wildman–Crippen MR) is 227 cm³/mol. The Hall–Kier alpha value is -6.56. The van der Waals surface area contributed by atoms with Crippen molar-refractivity contribution >= 4 is 121 Å². The number of carbonyl (C=O) groups excluding carboxylic acids is 3. The van der Waals surface area contributed by atoms with Gasteiger partial charge in [-0.25, -0.2) is 4.79 Å². The molecule has 4 aromatic carbocycles. The number of benzene rings is 4. The molecule has 2 aliphatic carbocycles. The molecule has 0 saturated carbocycles. The van der Waals surface area contributed by atoms with Crippen molar-refractivity contribution in [3.8, 4) is 11.5 Å². The first kappa shape index (κ1) is 46.0. The number of hydrogen-bond acceptors (Lipinski definition) is 17. The van der Waals surface area contributed by atoms with Gasteiger partial charge >= 0.3 is 6.03 Å². The summed E-state index contributed by atoms with van der Waals surface area (Å²) >= 11 is 5.74. The van der Waals surface area contributed by atoms with Gasteiger partial charge in [0.15, 0.2) is 5.71 Å². The summed E-state index contributed by atoms with van der Waals surface area (Å²) in [4.78, 5) is 35.7. The van der Waals surface area contributed by atoms with E-state index >= 15 is 0 Å². The fourth-order valence-corrected chi connectivity index (χ4v) is 8.47. The lowest BCUT2D eigenvalue weighted by Gasteiger charge is -2.19. The molecule has 0 radical (unpaired) electrons. The summed E-state index contributed by atoms with van der Waals surface area (Å²) in [5.41, 5.74) is 3.87. The lowest BCUT2D eigenvalue weighted by atomic mass is 9.94. The topological polar surface area (TPSA) is 371 Å². The Bertz CT molecular complexity index is 3360. The molecule has 2 amide bonds. The lowest BCUT2D eigenvalue weighted by molar-refractivity contribution is -0.109. The second kappa shape index (κ2) is 16.6. The number of anilines is 4. The van der Waals surface area contributed by atoms with Crippen LogP contribution in [0, 0.1) is 6.92 Å². The van der Waals surface area contributed by atoms with Gasteiger partial charge in [-0.2, -0.15) is 33.7 Å². The maximum atomic E-state index is 13.4. The number of phenolic OH excluding ortho intramolecular Hbond substituents is 1. The molecule has 28 heteroatoms. The Morgan fingerprint density at radius 2 is 1.33 bits per heavy atom. The number of aryl methyl sites for hydroxylation is 1. The molecular formula is C35H27ClN6O17S4. The number of nitrogens with zero attached hydrogens (tertiary/aromatic N) is 2. The molecular weight excluding hydrogens is 940 g/mol. The normalized spacial score (nSPS) is 16.0. The number of hydrazine groups is 1. The van der Waals surface area contributed by atoms with E-state index in [1.807, 2.05) is 0 Å². The molecule has 0 spiro atoms. The highest BCUT2D eigenvalue weighted by Gasteiger charge is 2.34. The van der Waals surface area contributed by atoms with Crippen molar-refractivity contribution in [1.82, 2.24) is 0 Å². The molecule has 0 unspecified atom stereocenters. The van der Waals surface area contributed by atoms with Gasteiger partial charge in [-0.1, -0.05) is 11.6 Å². The van der Waals surface area contributed by atoms with Crippen LogP contribution in [0.25, 0.3) is 16.8 Å². The van der Waals surface area contributed by atoms with E-state index in [1.54, 1.807) is 6.92 Å². The minimum absolute atomic E-state index is 0.00721. The highest BCUT2D eigenvalue weighted by molar-refractivity contribution is 7.91. The summed E-state index contributed by atoms with van der Waals surface area (Å²) in [6, 6.07) is 8.90. The summed E-state index contributed by atoms with van der Waals surface area (Å²) in [6.45, 7) is 1.57. The van der Waals surface area contributed by atoms with Crippen LogP contribution in [0.2, 0.25) is 0 Å². The SMILES string of the molecule is COc1cc(NNc2cc(S(=O)(=O)O)cc3cc(S(=O)(=O)O)cc(O)c23)c(C)cc1NC(=O)Nc1ccc2c(c1)C=C(S(=O)(=O)O)/C(=N/N=C1\C=C(S(=O)(=O)O)C=C(Cl)C1=O)C2=O. The standard InChI is InChI=1S/C35H27ClN6O17S4/c1-15-5-25(29(59-2)14-24(15)39-40-26-11-19(60(47,48)49)7-17-8-20(61(50,51)52)13-28(43)31(17)26)38-35(46)37-18-3-4-22-16(6-18)9-30(63(56,57)58)32(33(22)44)42-41-27-12-21(62(53,54)55)10-23(36)34(27)45/h3-14,39-40,43H,1-2H3,(H2,37,38,46)(H,47,48,49)(H,50,51,52)(H,53,54,55)(H,56,57,58)/b41-27+,42-32-. The maximum absolute atomic E-state index is 13.4. The average Bonchev–Trinajstić information content (AvgIpc) is 3.16. The molecule has 0 fully saturated rings. The zero-order valence-corrected chi connectivity index (χ0v) is 35.5. The second-order valence-corrected chi connectivity index (χ2v) is 19.1. The first-order valence-corrected chi connectivity index (χ1v) is 23.0. The predicted octanol–water partition coefficient (Wildman–Crippen LogP) is 4.14. The zero-order chi connectivity index (χ0) is 46.6. The third-order valence-corrected chi connectivity index (χ3v) is 12.5. The van der Waals surface area contributed by atoms with Gasteiger partial charge in [-0.05, 0) is 84.1 Å². The maximum Gasteiger partial charge on any atom is 0.323 e. The number of fused-ring (bicyclic) bond motifs is 2. The number of amides is 2. The number of carbonyl (C=O) groups is 3. The van der Waals surface area contributed by atoms with Crippen LogP contribution >= 0.6 is 11.6 Å². The third-order valence-electron chi connectivity index (χ3n) is 8.82. The Morgan fingerprint density at radius 1 is 0.698 bits per heavy atom. The van der Waals surface area contributed by atoms with Gasteiger partial charge in [0.25, 0.3) is 40.5 Å². The second-order valence-electron chi connectivity index (χ2n) is 13.0. The van der Waals surface area contributed by atoms with Gasteiger partial charge in [-0.3, -0.25) is 27.8 Å². The van der Waals surface area contributed by atoms with Gasteiger partial charge in [-0.15, -0.1) is 10.2 Å². The molecule has 0 heterocycles. The zero-order valence-electron chi connectivity index (χ0n) is 31.5. The van der Waals surface area contributed by atoms with E-state index in [-0.39, 0.29) is 50.4 Å². The van der Waals surface area contributed by atoms with Crippen molar-refractivity contribution < 1.29 is 76.1 Å². The molecule has 4 aromatic rings. The molecule has 0 aliphatic heterocycles. The van der Waals surface area contributed by atoms with E-state index in [4.69, 9.17) is 16.3 Å². The van der Waals surface area contributed by atoms with Gasteiger partial charge in [0, 0.05) is 28.8 Å². The molecule has 2 aliphatic rings. The van der Waals surface area contributed by atoms with E-state index in [1.165, 1.54) is 31.4 Å². The molecule has 0 bridgehead atoms. The largest absolute Gasteiger partial charge is 0.507 e. The van der Waals surface area contributed by atoms with Crippen molar-refractivity contribution in [3.05, 3.63) is 98.3 Å². The number of ether oxygens (including phenoxy) is 1. The summed E-state index contributed by atoms with van der Waals surface area (Å²) in [5, 5.41) is 21.6. The number of halogens is 1. The van der Waals surface area contributed by atoms with Gasteiger partial charge in [0.05, 0.1) is 43.9 Å². The molecule has 9 N–H and O–H groups in total. The third kappa shape index (κ3) is 9.90. The Kier molecular flexibility index (Phi) is 12.1. The minimum Gasteiger partial charge on any atom is -0.507 e. The van der Waals surface area contributed by atoms with Crippen LogP contribution < -0.4 is 26.2 Å². The van der Waals surface area contributed by atoms with Crippen LogP contribution in [0.5, 0.6) is 11.5 Å². The number of allylic oxidation sites excluding steroid dienone is 4. The number of Topliss-reactive ketones (excluding diaryl/α,β-unsaturated/α-hetero) is 2. The van der Waals surface area contributed by atoms with Gasteiger partial charge < -0.3 is 31.3 Å². The number of urea groups is 1. The summed E-state index contributed by atoms with van der Waals surface area (Å²) < 4.78 is 139. The van der Waals surface area contributed by atoms with Crippen LogP contribution in [0.15, 0.2) is 102 Å². The van der Waals surface area contributed by atoms with E-state index in [9.17, 15) is 71.4 Å². The number of phenols is 1. The quantitative estimate of drug-likeness (QED) is 0.0579.